The highest BCUT2D eigenvalue weighted by atomic mass is 32.2. The number of hydrogen-bond donors (Lipinski definition) is 3. The van der Waals surface area contributed by atoms with Crippen molar-refractivity contribution in [2.45, 2.75) is 127 Å². The second kappa shape index (κ2) is 15.6. The molecule has 300 valence electrons. The van der Waals surface area contributed by atoms with Crippen molar-refractivity contribution in [3.05, 3.63) is 42.6 Å². The molecule has 3 fully saturated rings. The Hall–Kier alpha value is -4.40. The van der Waals surface area contributed by atoms with Crippen LogP contribution in [-0.4, -0.2) is 99.8 Å². The number of allylic oxidation sites excluding steroid dienone is 1. The molecule has 0 unspecified atom stereocenters. The number of nitrogens with one attached hydrogen (secondary N) is 2. The number of carbonyl (C=O) groups excluding carboxylic acids is 3. The minimum Gasteiger partial charge on any atom is -0.491 e. The molecule has 55 heavy (non-hydrogen) atoms. The van der Waals surface area contributed by atoms with Crippen LogP contribution in [0.3, 0.4) is 0 Å². The third-order valence-electron chi connectivity index (χ3n) is 11.2. The van der Waals surface area contributed by atoms with Crippen molar-refractivity contribution in [3.63, 3.8) is 0 Å². The number of fused-ring (bicyclic) bond motifs is 3. The van der Waals surface area contributed by atoms with Crippen molar-refractivity contribution < 1.29 is 42.2 Å². The molecule has 1 aromatic heterocycles. The molecule has 0 bridgehead atoms. The molecular weight excluding hydrogens is 727 g/mol. The molecule has 3 N–H and O–H groups in total. The van der Waals surface area contributed by atoms with Crippen molar-refractivity contribution in [1.82, 2.24) is 24.8 Å². The van der Waals surface area contributed by atoms with Crippen molar-refractivity contribution in [3.8, 4) is 11.6 Å². The van der Waals surface area contributed by atoms with Gasteiger partial charge in [-0.3, -0.25) is 24.0 Å². The maximum Gasteiger partial charge on any atom is 0.408 e. The molecule has 3 heterocycles. The normalized spacial score (nSPS) is 29.5. The number of sulfonamides is 1. The third-order valence-corrected chi connectivity index (χ3v) is 13.1. The standard InChI is InChI=1S/C40H55N5O9S/c1-7-18-53-32-22-41-35(30-15-11-10-14-29(30)32)54-27-20-31-34(46)42-40(37(48)43-55(51,52)28-16-17-28)21-26(40)13-9-8-12-24(2)19-25(3)33(36(47)44(31)23-27)45(38(49)50)39(4,5)6/h9-11,13-15,22,24-28,31,33H,7-8,12,16-21,23H2,1-6H3,(H,42,46)(H,43,48)(H,49,50)/b13-9-/t24-,25-,26-,27-,31+,33+,40-/m1/s1. The zero-order valence-electron chi connectivity index (χ0n) is 32.6. The minimum absolute atomic E-state index is 0.0142. The Morgan fingerprint density at radius 1 is 1.11 bits per heavy atom. The summed E-state index contributed by atoms with van der Waals surface area (Å²) in [7, 11) is -3.92. The average molecular weight is 782 g/mol. The summed E-state index contributed by atoms with van der Waals surface area (Å²) in [5, 5.41) is 14.3. The Kier molecular flexibility index (Phi) is 11.4. The average Bonchev–Trinajstić information content (AvgIpc) is 4.04. The third kappa shape index (κ3) is 8.56. The predicted molar refractivity (Wildman–Crippen MR) is 206 cm³/mol. The monoisotopic (exact) mass is 781 g/mol. The summed E-state index contributed by atoms with van der Waals surface area (Å²) in [6.07, 6.45) is 7.28. The molecular formula is C40H55N5O9S. The molecule has 15 heteroatoms. The van der Waals surface area contributed by atoms with Crippen LogP contribution in [0.4, 0.5) is 4.79 Å². The van der Waals surface area contributed by atoms with Gasteiger partial charge >= 0.3 is 6.09 Å². The topological polar surface area (TPSA) is 185 Å². The molecule has 4 aliphatic rings. The van der Waals surface area contributed by atoms with Crippen LogP contribution in [-0.2, 0) is 24.4 Å². The lowest BCUT2D eigenvalue weighted by Gasteiger charge is -2.43. The highest BCUT2D eigenvalue weighted by Gasteiger charge is 2.62. The predicted octanol–water partition coefficient (Wildman–Crippen LogP) is 5.01. The quantitative estimate of drug-likeness (QED) is 0.292. The van der Waals surface area contributed by atoms with Crippen LogP contribution in [0.1, 0.15) is 92.9 Å². The van der Waals surface area contributed by atoms with Crippen molar-refractivity contribution in [2.24, 2.45) is 17.8 Å². The highest BCUT2D eigenvalue weighted by molar-refractivity contribution is 7.91. The van der Waals surface area contributed by atoms with Crippen LogP contribution < -0.4 is 19.5 Å². The number of ether oxygens (including phenoxy) is 2. The van der Waals surface area contributed by atoms with E-state index in [0.29, 0.717) is 43.4 Å². The van der Waals surface area contributed by atoms with Gasteiger partial charge in [-0.05, 0) is 83.6 Å². The van der Waals surface area contributed by atoms with Gasteiger partial charge in [-0.25, -0.2) is 18.2 Å². The lowest BCUT2D eigenvalue weighted by Crippen LogP contribution is -2.62. The lowest BCUT2D eigenvalue weighted by molar-refractivity contribution is -0.146. The first-order valence-electron chi connectivity index (χ1n) is 19.5. The van der Waals surface area contributed by atoms with E-state index in [-0.39, 0.29) is 31.2 Å². The molecule has 2 saturated carbocycles. The smallest absolute Gasteiger partial charge is 0.408 e. The van der Waals surface area contributed by atoms with E-state index in [0.717, 1.165) is 18.2 Å². The van der Waals surface area contributed by atoms with Gasteiger partial charge in [0.05, 0.1) is 24.6 Å². The lowest BCUT2D eigenvalue weighted by atomic mass is 9.85. The number of carboxylic acid groups (broad SMARTS) is 1. The van der Waals surface area contributed by atoms with Crippen LogP contribution in [0.15, 0.2) is 42.6 Å². The summed E-state index contributed by atoms with van der Waals surface area (Å²) in [6.45, 7) is 11.6. The van der Waals surface area contributed by atoms with Crippen LogP contribution >= 0.6 is 0 Å². The van der Waals surface area contributed by atoms with E-state index in [1.807, 2.05) is 50.3 Å². The zero-order valence-corrected chi connectivity index (χ0v) is 33.4. The molecule has 1 aromatic carbocycles. The van der Waals surface area contributed by atoms with E-state index in [1.165, 1.54) is 9.80 Å². The van der Waals surface area contributed by atoms with Gasteiger partial charge in [0.2, 0.25) is 27.7 Å². The number of benzene rings is 1. The summed E-state index contributed by atoms with van der Waals surface area (Å²) in [4.78, 5) is 63.5. The van der Waals surface area contributed by atoms with E-state index in [2.05, 4.69) is 21.9 Å². The number of carbonyl (C=O) groups is 4. The van der Waals surface area contributed by atoms with Gasteiger partial charge in [0.25, 0.3) is 5.91 Å². The summed E-state index contributed by atoms with van der Waals surface area (Å²) in [5.74, 6) is -1.88. The fraction of sp³-hybridized carbons (Fsp3) is 0.625. The molecule has 2 aliphatic carbocycles. The highest BCUT2D eigenvalue weighted by Crippen LogP contribution is 2.46. The van der Waals surface area contributed by atoms with E-state index in [9.17, 15) is 27.9 Å². The maximum atomic E-state index is 15.0. The van der Waals surface area contributed by atoms with Gasteiger partial charge in [0.15, 0.2) is 0 Å². The Bertz CT molecular complexity index is 1940. The molecule has 7 atom stereocenters. The first-order chi connectivity index (χ1) is 26.0. The van der Waals surface area contributed by atoms with Crippen molar-refractivity contribution >= 4 is 44.6 Å². The molecule has 2 aliphatic heterocycles. The number of hydrogen-bond acceptors (Lipinski definition) is 9. The Morgan fingerprint density at radius 2 is 1.82 bits per heavy atom. The summed E-state index contributed by atoms with van der Waals surface area (Å²) in [6, 6.07) is 5.18. The van der Waals surface area contributed by atoms with Gasteiger partial charge in [-0.1, -0.05) is 51.1 Å². The van der Waals surface area contributed by atoms with Gasteiger partial charge in [0.1, 0.15) is 29.5 Å². The van der Waals surface area contributed by atoms with Crippen LogP contribution in [0.5, 0.6) is 11.6 Å². The first kappa shape index (κ1) is 40.3. The Labute approximate surface area is 323 Å². The van der Waals surface area contributed by atoms with E-state index >= 15 is 4.79 Å². The molecule has 4 amide bonds. The van der Waals surface area contributed by atoms with Crippen LogP contribution in [0.2, 0.25) is 0 Å². The molecule has 14 nitrogen and oxygen atoms in total. The number of rotatable bonds is 9. The molecule has 6 rings (SSSR count). The Balaban J connectivity index is 1.39. The fourth-order valence-electron chi connectivity index (χ4n) is 8.19. The van der Waals surface area contributed by atoms with Gasteiger partial charge in [-0.2, -0.15) is 0 Å². The van der Waals surface area contributed by atoms with Gasteiger partial charge in [-0.15, -0.1) is 0 Å². The first-order valence-corrected chi connectivity index (χ1v) is 21.1. The second-order valence-corrected chi connectivity index (χ2v) is 18.8. The van der Waals surface area contributed by atoms with E-state index in [4.69, 9.17) is 9.47 Å². The van der Waals surface area contributed by atoms with E-state index < -0.39 is 80.2 Å². The number of amides is 4. The van der Waals surface area contributed by atoms with Crippen LogP contribution in [0.25, 0.3) is 10.8 Å². The molecule has 1 saturated heterocycles. The van der Waals surface area contributed by atoms with E-state index in [1.54, 1.807) is 27.0 Å². The number of pyridine rings is 1. The van der Waals surface area contributed by atoms with Gasteiger partial charge in [0, 0.05) is 28.7 Å². The van der Waals surface area contributed by atoms with Crippen molar-refractivity contribution in [2.75, 3.05) is 13.2 Å². The maximum absolute atomic E-state index is 15.0. The summed E-state index contributed by atoms with van der Waals surface area (Å²) in [5.41, 5.74) is -2.50. The number of aromatic nitrogens is 1. The summed E-state index contributed by atoms with van der Waals surface area (Å²) >= 11 is 0. The Morgan fingerprint density at radius 3 is 2.47 bits per heavy atom. The SMILES string of the molecule is CCCOc1cnc(O[C@@H]2C[C@H]3C(=O)N[C@]4(C(=O)NS(=O)(=O)C5CC5)C[C@H]4/C=C\CC[C@@H](C)C[C@@H](C)[C@H](N(C(=O)O)C(C)(C)C)C(=O)N3C2)c2ccccc12. The fourth-order valence-corrected chi connectivity index (χ4v) is 9.55. The molecule has 2 aromatic rings. The zero-order chi connectivity index (χ0) is 39.9. The molecule has 0 spiro atoms. The second-order valence-electron chi connectivity index (χ2n) is 16.8. The minimum atomic E-state index is -3.92. The van der Waals surface area contributed by atoms with Crippen LogP contribution in [0, 0.1) is 17.8 Å². The summed E-state index contributed by atoms with van der Waals surface area (Å²) < 4.78 is 40.5. The molecule has 0 radical (unpaired) electrons. The van der Waals surface area contributed by atoms with Crippen molar-refractivity contribution in [1.29, 1.82) is 0 Å². The number of nitrogens with zero attached hydrogens (tertiary/aromatic N) is 3. The van der Waals surface area contributed by atoms with Gasteiger partial charge < -0.3 is 24.8 Å². The largest absolute Gasteiger partial charge is 0.491 e.